The first-order valence-electron chi connectivity index (χ1n) is 9.73. The van der Waals surface area contributed by atoms with E-state index in [1.807, 2.05) is 91.1 Å². The molecule has 152 valence electrons. The summed E-state index contributed by atoms with van der Waals surface area (Å²) in [5, 5.41) is 13.1. The van der Waals surface area contributed by atoms with E-state index in [1.54, 1.807) is 4.68 Å². The summed E-state index contributed by atoms with van der Waals surface area (Å²) in [6.45, 7) is 0.669. The van der Waals surface area contributed by atoms with E-state index in [2.05, 4.69) is 17.2 Å². The summed E-state index contributed by atoms with van der Waals surface area (Å²) >= 11 is 0. The molecule has 0 amide bonds. The Kier molecular flexibility index (Phi) is 7.41. The third-order valence-electron chi connectivity index (χ3n) is 4.42. The van der Waals surface area contributed by atoms with Crippen LogP contribution in [0.25, 0.3) is 23.4 Å². The highest BCUT2D eigenvalue weighted by Gasteiger charge is 2.00. The van der Waals surface area contributed by atoms with Crippen LogP contribution in [0.3, 0.4) is 0 Å². The zero-order valence-electron chi connectivity index (χ0n) is 16.7. The number of hydrogen-bond acceptors (Lipinski definition) is 4. The van der Waals surface area contributed by atoms with E-state index < -0.39 is 0 Å². The minimum Gasteiger partial charge on any atom is -0.397 e. The molecule has 0 aliphatic heterocycles. The van der Waals surface area contributed by atoms with E-state index in [9.17, 15) is 0 Å². The van der Waals surface area contributed by atoms with Gasteiger partial charge in [0.1, 0.15) is 0 Å². The van der Waals surface area contributed by atoms with Gasteiger partial charge in [0.15, 0.2) is 0 Å². The van der Waals surface area contributed by atoms with Gasteiger partial charge in [-0.2, -0.15) is 5.10 Å². The standard InChI is InChI=1S/C14H14N2.C11H12N2O/c15-13-9-8-12(10-14(13)16)7-6-11-4-2-1-3-5-11;14-9-8-13-7-6-11(12-13)10-4-2-1-3-5-10/h1-10H,15-16H2;1-7,14H,8-9H2. The zero-order valence-corrected chi connectivity index (χ0v) is 16.7. The summed E-state index contributed by atoms with van der Waals surface area (Å²) in [5.41, 5.74) is 16.9. The zero-order chi connectivity index (χ0) is 21.2. The van der Waals surface area contributed by atoms with Crippen molar-refractivity contribution in [3.63, 3.8) is 0 Å². The lowest BCUT2D eigenvalue weighted by molar-refractivity contribution is 0.269. The van der Waals surface area contributed by atoms with Gasteiger partial charge in [0.25, 0.3) is 0 Å². The van der Waals surface area contributed by atoms with Crippen LogP contribution in [0, 0.1) is 0 Å². The molecule has 1 aromatic heterocycles. The fourth-order valence-corrected chi connectivity index (χ4v) is 2.81. The van der Waals surface area contributed by atoms with Crippen LogP contribution in [0.2, 0.25) is 0 Å². The van der Waals surface area contributed by atoms with Crippen molar-refractivity contribution in [3.8, 4) is 11.3 Å². The fourth-order valence-electron chi connectivity index (χ4n) is 2.81. The van der Waals surface area contributed by atoms with Crippen LogP contribution in [0.1, 0.15) is 11.1 Å². The second-order valence-corrected chi connectivity index (χ2v) is 6.69. The number of benzene rings is 3. The van der Waals surface area contributed by atoms with Gasteiger partial charge >= 0.3 is 0 Å². The van der Waals surface area contributed by atoms with Crippen LogP contribution in [0.5, 0.6) is 0 Å². The number of aliphatic hydroxyl groups is 1. The molecular formula is C25H26N4O. The van der Waals surface area contributed by atoms with E-state index in [0.717, 1.165) is 22.4 Å². The van der Waals surface area contributed by atoms with Gasteiger partial charge in [-0.25, -0.2) is 0 Å². The number of hydrogen-bond donors (Lipinski definition) is 3. The van der Waals surface area contributed by atoms with Crippen molar-refractivity contribution in [2.45, 2.75) is 6.54 Å². The first-order valence-corrected chi connectivity index (χ1v) is 9.73. The quantitative estimate of drug-likeness (QED) is 0.339. The summed E-state index contributed by atoms with van der Waals surface area (Å²) in [6.07, 6.45) is 5.94. The molecule has 0 radical (unpaired) electrons. The lowest BCUT2D eigenvalue weighted by Crippen LogP contribution is -2.02. The third-order valence-corrected chi connectivity index (χ3v) is 4.42. The number of nitrogen functional groups attached to an aromatic ring is 2. The van der Waals surface area contributed by atoms with Gasteiger partial charge in [-0.15, -0.1) is 0 Å². The maximum Gasteiger partial charge on any atom is 0.0923 e. The number of nitrogens with zero attached hydrogens (tertiary/aromatic N) is 2. The highest BCUT2D eigenvalue weighted by molar-refractivity contribution is 5.74. The van der Waals surface area contributed by atoms with Crippen molar-refractivity contribution >= 4 is 23.5 Å². The average Bonchev–Trinajstić information content (AvgIpc) is 3.25. The van der Waals surface area contributed by atoms with Gasteiger partial charge in [-0.1, -0.05) is 78.9 Å². The summed E-state index contributed by atoms with van der Waals surface area (Å²) < 4.78 is 1.74. The first kappa shape index (κ1) is 20.9. The van der Waals surface area contributed by atoms with Crippen LogP contribution >= 0.6 is 0 Å². The Balaban J connectivity index is 0.000000172. The highest BCUT2D eigenvalue weighted by atomic mass is 16.3. The van der Waals surface area contributed by atoms with Gasteiger partial charge in [-0.3, -0.25) is 4.68 Å². The largest absolute Gasteiger partial charge is 0.397 e. The molecule has 5 heteroatoms. The minimum absolute atomic E-state index is 0.121. The smallest absolute Gasteiger partial charge is 0.0923 e. The molecule has 0 aliphatic rings. The van der Waals surface area contributed by atoms with Crippen molar-refractivity contribution < 1.29 is 5.11 Å². The van der Waals surface area contributed by atoms with Gasteiger partial charge in [0.2, 0.25) is 0 Å². The number of nitrogens with two attached hydrogens (primary N) is 2. The highest BCUT2D eigenvalue weighted by Crippen LogP contribution is 2.18. The molecule has 5 N–H and O–H groups in total. The van der Waals surface area contributed by atoms with Crippen LogP contribution < -0.4 is 11.5 Å². The molecule has 0 spiro atoms. The average molecular weight is 399 g/mol. The van der Waals surface area contributed by atoms with E-state index in [0.29, 0.717) is 17.9 Å². The van der Waals surface area contributed by atoms with Crippen LogP contribution in [-0.4, -0.2) is 21.5 Å². The van der Waals surface area contributed by atoms with Crippen LogP contribution in [-0.2, 0) is 6.54 Å². The van der Waals surface area contributed by atoms with Gasteiger partial charge in [-0.05, 0) is 29.3 Å². The predicted molar refractivity (Wildman–Crippen MR) is 125 cm³/mol. The molecule has 0 atom stereocenters. The fraction of sp³-hybridized carbons (Fsp3) is 0.0800. The number of anilines is 2. The lowest BCUT2D eigenvalue weighted by Gasteiger charge is -2.00. The Labute approximate surface area is 176 Å². The maximum absolute atomic E-state index is 8.74. The maximum atomic E-state index is 8.74. The second kappa shape index (κ2) is 10.6. The molecule has 0 saturated carbocycles. The van der Waals surface area contributed by atoms with Crippen LogP contribution in [0.4, 0.5) is 11.4 Å². The Morgan fingerprint density at radius 1 is 0.767 bits per heavy atom. The molecule has 4 aromatic rings. The molecule has 5 nitrogen and oxygen atoms in total. The Morgan fingerprint density at radius 3 is 2.10 bits per heavy atom. The molecule has 0 unspecified atom stereocenters. The summed E-state index contributed by atoms with van der Waals surface area (Å²) in [4.78, 5) is 0. The van der Waals surface area contributed by atoms with E-state index in [-0.39, 0.29) is 6.61 Å². The Morgan fingerprint density at radius 2 is 1.43 bits per heavy atom. The van der Waals surface area contributed by atoms with Crippen molar-refractivity contribution in [1.82, 2.24) is 9.78 Å². The van der Waals surface area contributed by atoms with E-state index >= 15 is 0 Å². The number of aliphatic hydroxyl groups excluding tert-OH is 1. The number of rotatable bonds is 5. The molecule has 3 aromatic carbocycles. The van der Waals surface area contributed by atoms with Crippen molar-refractivity contribution in [2.24, 2.45) is 0 Å². The first-order chi connectivity index (χ1) is 14.7. The molecule has 0 aliphatic carbocycles. The molecule has 30 heavy (non-hydrogen) atoms. The Bertz CT molecular complexity index is 1070. The minimum atomic E-state index is 0.121. The Hall–Kier alpha value is -3.83. The topological polar surface area (TPSA) is 90.1 Å². The van der Waals surface area contributed by atoms with Gasteiger partial charge in [0, 0.05) is 11.8 Å². The predicted octanol–water partition coefficient (Wildman–Crippen LogP) is 4.56. The summed E-state index contributed by atoms with van der Waals surface area (Å²) in [5.74, 6) is 0. The van der Waals surface area contributed by atoms with Gasteiger partial charge in [0.05, 0.1) is 30.2 Å². The molecule has 0 saturated heterocycles. The second-order valence-electron chi connectivity index (χ2n) is 6.69. The molecule has 4 rings (SSSR count). The summed E-state index contributed by atoms with van der Waals surface area (Å²) in [7, 11) is 0. The van der Waals surface area contributed by atoms with E-state index in [1.165, 1.54) is 0 Å². The number of aromatic nitrogens is 2. The van der Waals surface area contributed by atoms with Gasteiger partial charge < -0.3 is 16.6 Å². The van der Waals surface area contributed by atoms with Crippen molar-refractivity contribution in [1.29, 1.82) is 0 Å². The molecular weight excluding hydrogens is 372 g/mol. The van der Waals surface area contributed by atoms with Crippen molar-refractivity contribution in [2.75, 3.05) is 18.1 Å². The monoisotopic (exact) mass is 398 g/mol. The van der Waals surface area contributed by atoms with E-state index in [4.69, 9.17) is 16.6 Å². The molecule has 1 heterocycles. The van der Waals surface area contributed by atoms with Crippen molar-refractivity contribution in [3.05, 3.63) is 102 Å². The normalized spacial score (nSPS) is 10.6. The SMILES string of the molecule is Nc1ccc(C=Cc2ccccc2)cc1N.OCCn1ccc(-c2ccccc2)n1. The van der Waals surface area contributed by atoms with Crippen LogP contribution in [0.15, 0.2) is 91.1 Å². The molecule has 0 bridgehead atoms. The lowest BCUT2D eigenvalue weighted by atomic mass is 10.1. The third kappa shape index (κ3) is 6.09. The molecule has 0 fully saturated rings. The summed E-state index contributed by atoms with van der Waals surface area (Å²) in [6, 6.07) is 27.7.